The molecule has 0 saturated carbocycles. The van der Waals surface area contributed by atoms with Gasteiger partial charge in [-0.25, -0.2) is 24.0 Å². The van der Waals surface area contributed by atoms with Gasteiger partial charge in [0.1, 0.15) is 17.2 Å². The molecule has 0 atom stereocenters. The Morgan fingerprint density at radius 1 is 0.553 bits per heavy atom. The van der Waals surface area contributed by atoms with Crippen molar-refractivity contribution in [3.8, 4) is 28.7 Å². The largest absolute Gasteiger partial charge is 0.423 e. The van der Waals surface area contributed by atoms with E-state index in [-0.39, 0.29) is 28.7 Å². The molecule has 194 valence electrons. The lowest BCUT2D eigenvalue weighted by Crippen LogP contribution is -2.10. The monoisotopic (exact) mass is 518 g/mol. The summed E-state index contributed by atoms with van der Waals surface area (Å²) in [6.07, 6.45) is 4.80. The van der Waals surface area contributed by atoms with Crippen LogP contribution in [0.15, 0.2) is 93.1 Å². The van der Waals surface area contributed by atoms with Gasteiger partial charge in [0.2, 0.25) is 0 Å². The molecule has 0 unspecified atom stereocenters. The van der Waals surface area contributed by atoms with E-state index in [4.69, 9.17) is 23.7 Å². The van der Waals surface area contributed by atoms with Gasteiger partial charge in [0.05, 0.1) is 0 Å². The van der Waals surface area contributed by atoms with Crippen molar-refractivity contribution in [2.45, 2.75) is 6.92 Å². The van der Waals surface area contributed by atoms with E-state index in [1.807, 2.05) is 0 Å². The van der Waals surface area contributed by atoms with E-state index in [1.54, 1.807) is 0 Å². The molecule has 2 rings (SSSR count). The lowest BCUT2D eigenvalue weighted by Gasteiger charge is -2.12. The van der Waals surface area contributed by atoms with E-state index in [1.165, 1.54) is 37.3 Å². The van der Waals surface area contributed by atoms with Crippen molar-refractivity contribution in [2.75, 3.05) is 0 Å². The van der Waals surface area contributed by atoms with Crippen LogP contribution >= 0.6 is 0 Å². The molecule has 0 amide bonds. The highest BCUT2D eigenvalue weighted by Gasteiger charge is 2.17. The Hall–Kier alpha value is -5.51. The Morgan fingerprint density at radius 3 is 1.50 bits per heavy atom. The average Bonchev–Trinajstić information content (AvgIpc) is 2.89. The Balaban J connectivity index is 2.38. The van der Waals surface area contributed by atoms with Crippen molar-refractivity contribution in [3.05, 3.63) is 98.7 Å². The van der Waals surface area contributed by atoms with Crippen LogP contribution in [0.5, 0.6) is 28.7 Å². The maximum Gasteiger partial charge on any atom is 0.336 e. The molecule has 0 saturated heterocycles. The minimum atomic E-state index is -0.891. The van der Waals surface area contributed by atoms with Crippen molar-refractivity contribution in [1.29, 1.82) is 0 Å². The minimum absolute atomic E-state index is 0.000736. The fourth-order valence-electron chi connectivity index (χ4n) is 2.70. The molecule has 0 heterocycles. The van der Waals surface area contributed by atoms with Gasteiger partial charge in [-0.05, 0) is 36.8 Å². The zero-order valence-corrected chi connectivity index (χ0v) is 20.3. The molecular weight excluding hydrogens is 496 g/mol. The first kappa shape index (κ1) is 28.7. The predicted octanol–water partition coefficient (Wildman–Crippen LogP) is 4.06. The van der Waals surface area contributed by atoms with Crippen LogP contribution in [0.3, 0.4) is 0 Å². The maximum absolute atomic E-state index is 12.7. The standard InChI is InChI=1S/C28H22O10/c1-6-24(29)34-18-10-12-20(22(15-18)37-26(31)8-3)17(5)14-28(33)36-21-13-11-19(35-25(30)7-2)16-23(21)38-27(32)9-4/h6-16H,1-4H2,5H3/b17-14+. The van der Waals surface area contributed by atoms with Crippen LogP contribution in [0.2, 0.25) is 0 Å². The quantitative estimate of drug-likeness (QED) is 0.244. The van der Waals surface area contributed by atoms with Crippen LogP contribution in [-0.2, 0) is 24.0 Å². The summed E-state index contributed by atoms with van der Waals surface area (Å²) in [7, 11) is 0. The van der Waals surface area contributed by atoms with Crippen LogP contribution in [0.4, 0.5) is 0 Å². The average molecular weight is 518 g/mol. The fraction of sp³-hybridized carbons (Fsp3) is 0.0357. The van der Waals surface area contributed by atoms with Gasteiger partial charge in [0.25, 0.3) is 0 Å². The number of rotatable bonds is 11. The lowest BCUT2D eigenvalue weighted by molar-refractivity contribution is -0.131. The smallest absolute Gasteiger partial charge is 0.336 e. The molecule has 0 aromatic heterocycles. The van der Waals surface area contributed by atoms with Gasteiger partial charge in [0.15, 0.2) is 11.5 Å². The second kappa shape index (κ2) is 13.5. The number of allylic oxidation sites excluding steroid dienone is 1. The Kier molecular flexibility index (Phi) is 10.2. The maximum atomic E-state index is 12.7. The molecule has 0 fully saturated rings. The molecule has 0 N–H and O–H groups in total. The number of ether oxygens (including phenoxy) is 5. The summed E-state index contributed by atoms with van der Waals surface area (Å²) in [6, 6.07) is 7.87. The topological polar surface area (TPSA) is 132 Å². The molecule has 0 aliphatic rings. The van der Waals surface area contributed by atoms with Crippen LogP contribution in [0.1, 0.15) is 12.5 Å². The normalized spacial score (nSPS) is 10.3. The van der Waals surface area contributed by atoms with E-state index >= 15 is 0 Å². The van der Waals surface area contributed by atoms with Gasteiger partial charge in [-0.2, -0.15) is 0 Å². The summed E-state index contributed by atoms with van der Waals surface area (Å²) in [6.45, 7) is 14.8. The summed E-state index contributed by atoms with van der Waals surface area (Å²) >= 11 is 0. The molecular formula is C28H22O10. The van der Waals surface area contributed by atoms with E-state index in [0.29, 0.717) is 11.1 Å². The number of benzene rings is 2. The first-order chi connectivity index (χ1) is 18.1. The van der Waals surface area contributed by atoms with Crippen molar-refractivity contribution in [2.24, 2.45) is 0 Å². The zero-order valence-electron chi connectivity index (χ0n) is 20.3. The van der Waals surface area contributed by atoms with Gasteiger partial charge in [-0.3, -0.25) is 0 Å². The highest BCUT2D eigenvalue weighted by Crippen LogP contribution is 2.34. The Labute approximate surface area is 217 Å². The number of carbonyl (C=O) groups is 5. The first-order valence-corrected chi connectivity index (χ1v) is 10.7. The lowest BCUT2D eigenvalue weighted by atomic mass is 10.1. The number of esters is 5. The van der Waals surface area contributed by atoms with E-state index in [0.717, 1.165) is 36.4 Å². The second-order valence-corrected chi connectivity index (χ2v) is 7.02. The van der Waals surface area contributed by atoms with Crippen LogP contribution in [-0.4, -0.2) is 29.8 Å². The third-order valence-corrected chi connectivity index (χ3v) is 4.36. The molecule has 10 nitrogen and oxygen atoms in total. The predicted molar refractivity (Wildman–Crippen MR) is 135 cm³/mol. The first-order valence-electron chi connectivity index (χ1n) is 10.7. The summed E-state index contributed by atoms with van der Waals surface area (Å²) < 4.78 is 25.6. The van der Waals surface area contributed by atoms with E-state index in [9.17, 15) is 24.0 Å². The number of carbonyl (C=O) groups excluding carboxylic acids is 5. The SMILES string of the molecule is C=CC(=O)Oc1ccc(OC(=O)/C=C(\C)c2ccc(OC(=O)C=C)cc2OC(=O)C=C)c(OC(=O)C=C)c1. The Bertz CT molecular complexity index is 1360. The molecule has 2 aromatic carbocycles. The molecule has 10 heteroatoms. The molecule has 2 aromatic rings. The van der Waals surface area contributed by atoms with E-state index in [2.05, 4.69) is 26.3 Å². The van der Waals surface area contributed by atoms with Crippen molar-refractivity contribution < 1.29 is 47.7 Å². The molecule has 38 heavy (non-hydrogen) atoms. The molecule has 0 radical (unpaired) electrons. The summed E-state index contributed by atoms with van der Waals surface area (Å²) in [4.78, 5) is 59.2. The summed E-state index contributed by atoms with van der Waals surface area (Å²) in [5, 5.41) is 0. The zero-order chi connectivity index (χ0) is 28.2. The van der Waals surface area contributed by atoms with Crippen molar-refractivity contribution in [1.82, 2.24) is 0 Å². The fourth-order valence-corrected chi connectivity index (χ4v) is 2.70. The van der Waals surface area contributed by atoms with Gasteiger partial charge < -0.3 is 23.7 Å². The minimum Gasteiger partial charge on any atom is -0.423 e. The highest BCUT2D eigenvalue weighted by atomic mass is 16.6. The van der Waals surface area contributed by atoms with Gasteiger partial charge in [-0.1, -0.05) is 26.3 Å². The number of hydrogen-bond donors (Lipinski definition) is 0. The molecule has 0 spiro atoms. The molecule has 0 aliphatic heterocycles. The second-order valence-electron chi connectivity index (χ2n) is 7.02. The third kappa shape index (κ3) is 8.31. The molecule has 0 aliphatic carbocycles. The van der Waals surface area contributed by atoms with Gasteiger partial charge >= 0.3 is 29.8 Å². The highest BCUT2D eigenvalue weighted by molar-refractivity contribution is 5.94. The third-order valence-electron chi connectivity index (χ3n) is 4.36. The van der Waals surface area contributed by atoms with Crippen LogP contribution in [0.25, 0.3) is 5.57 Å². The van der Waals surface area contributed by atoms with Crippen molar-refractivity contribution in [3.63, 3.8) is 0 Å². The van der Waals surface area contributed by atoms with Crippen LogP contribution in [0, 0.1) is 0 Å². The van der Waals surface area contributed by atoms with Gasteiger partial charge in [0, 0.05) is 48.1 Å². The summed E-state index contributed by atoms with van der Waals surface area (Å²) in [5.41, 5.74) is 0.588. The van der Waals surface area contributed by atoms with E-state index < -0.39 is 29.8 Å². The molecule has 0 bridgehead atoms. The Morgan fingerprint density at radius 2 is 0.974 bits per heavy atom. The summed E-state index contributed by atoms with van der Waals surface area (Å²) in [5.74, 6) is -4.38. The van der Waals surface area contributed by atoms with Crippen LogP contribution < -0.4 is 23.7 Å². The van der Waals surface area contributed by atoms with Gasteiger partial charge in [-0.15, -0.1) is 0 Å². The number of hydrogen-bond acceptors (Lipinski definition) is 10. The van der Waals surface area contributed by atoms with Crippen molar-refractivity contribution >= 4 is 35.4 Å².